The van der Waals surface area contributed by atoms with Gasteiger partial charge in [-0.3, -0.25) is 0 Å². The molecular weight excluding hydrogens is 288 g/mol. The van der Waals surface area contributed by atoms with E-state index in [1.54, 1.807) is 19.1 Å². The van der Waals surface area contributed by atoms with E-state index in [0.717, 1.165) is 0 Å². The minimum atomic E-state index is -0.0938. The monoisotopic (exact) mass is 314 g/mol. The van der Waals surface area contributed by atoms with Crippen LogP contribution in [0, 0.1) is 11.8 Å². The second-order valence-electron chi connectivity index (χ2n) is 5.38. The quantitative estimate of drug-likeness (QED) is 0.638. The molecule has 0 fully saturated rings. The summed E-state index contributed by atoms with van der Waals surface area (Å²) < 4.78 is 3.56. The van der Waals surface area contributed by atoms with Crippen LogP contribution in [0.2, 0.25) is 0 Å². The van der Waals surface area contributed by atoms with Crippen LogP contribution < -0.4 is 0 Å². The molecule has 0 aromatic rings. The summed E-state index contributed by atoms with van der Waals surface area (Å²) in [7, 11) is 0. The van der Waals surface area contributed by atoms with E-state index in [0.29, 0.717) is 11.8 Å². The summed E-state index contributed by atoms with van der Waals surface area (Å²) in [4.78, 5) is 0. The van der Waals surface area contributed by atoms with E-state index in [4.69, 9.17) is 0 Å². The van der Waals surface area contributed by atoms with Crippen LogP contribution in [0.3, 0.4) is 0 Å². The molecule has 0 aliphatic heterocycles. The second kappa shape index (κ2) is 5.53. The predicted octanol–water partition coefficient (Wildman–Crippen LogP) is 5.03. The molecule has 96 valence electrons. The van der Waals surface area contributed by atoms with E-state index in [1.165, 1.54) is 12.8 Å². The average molecular weight is 312 g/mol. The van der Waals surface area contributed by atoms with Gasteiger partial charge in [-0.1, -0.05) is 0 Å². The smallest absolute Gasteiger partial charge is 1.00 e. The minimum absolute atomic E-state index is 0. The molecule has 0 aromatic carbocycles. The van der Waals surface area contributed by atoms with Gasteiger partial charge in [0.2, 0.25) is 0 Å². The molecule has 2 aliphatic rings. The molecule has 0 nitrogen and oxygen atoms in total. The van der Waals surface area contributed by atoms with Crippen molar-refractivity contribution < 1.29 is 21.4 Å². The maximum Gasteiger partial charge on any atom is -1.00 e. The Labute approximate surface area is 117 Å². The molecule has 0 amide bonds. The second-order valence-corrected chi connectivity index (χ2v) is 8.31. The zero-order valence-electron chi connectivity index (χ0n) is 13.3. The van der Waals surface area contributed by atoms with Gasteiger partial charge in [-0.15, -0.1) is 0 Å². The first-order valence-corrected chi connectivity index (χ1v) is 8.57. The minimum Gasteiger partial charge on any atom is -1.00 e. The summed E-state index contributed by atoms with van der Waals surface area (Å²) >= 11 is -0.0938. The molecule has 0 aromatic heterocycles. The van der Waals surface area contributed by atoms with Crippen LogP contribution >= 0.6 is 0 Å². The van der Waals surface area contributed by atoms with Crippen LogP contribution in [0.1, 0.15) is 43.4 Å². The topological polar surface area (TPSA) is 0 Å². The molecule has 0 heterocycles. The van der Waals surface area contributed by atoms with E-state index in [9.17, 15) is 0 Å². The normalized spacial score (nSPS) is 19.6. The fourth-order valence-electron chi connectivity index (χ4n) is 2.39. The summed E-state index contributed by atoms with van der Waals surface area (Å²) in [6.45, 7) is 9.29. The van der Waals surface area contributed by atoms with Crippen LogP contribution in [-0.2, 0) is 18.6 Å². The van der Waals surface area contributed by atoms with Crippen molar-refractivity contribution in [2.45, 2.75) is 40.5 Å². The van der Waals surface area contributed by atoms with Crippen LogP contribution in [-0.4, -0.2) is 0 Å². The van der Waals surface area contributed by atoms with Crippen molar-refractivity contribution in [3.63, 3.8) is 0 Å². The van der Waals surface area contributed by atoms with Gasteiger partial charge in [-0.25, -0.2) is 0 Å². The summed E-state index contributed by atoms with van der Waals surface area (Å²) in [5.41, 5.74) is 3.27. The molecule has 0 unspecified atom stereocenters. The van der Waals surface area contributed by atoms with Gasteiger partial charge in [-0.05, 0) is 0 Å². The number of hydrogen-bond acceptors (Lipinski definition) is 0. The van der Waals surface area contributed by atoms with Gasteiger partial charge >= 0.3 is 114 Å². The third-order valence-electron chi connectivity index (χ3n) is 3.34. The van der Waals surface area contributed by atoms with Crippen molar-refractivity contribution in [3.8, 4) is 0 Å². The largest absolute Gasteiger partial charge is 1.00 e. The molecule has 0 radical (unpaired) electrons. The van der Waals surface area contributed by atoms with E-state index < -0.39 is 0 Å². The third-order valence-corrected chi connectivity index (χ3v) is 6.53. The Bertz CT molecular complexity index is 386. The molecule has 0 saturated heterocycles. The Morgan fingerprint density at radius 2 is 1.29 bits per heavy atom. The number of rotatable bonds is 4. The maximum absolute atomic E-state index is 2.36. The van der Waals surface area contributed by atoms with E-state index in [1.807, 2.05) is 0 Å². The first-order chi connectivity index (χ1) is 8.09. The van der Waals surface area contributed by atoms with Crippen molar-refractivity contribution in [1.82, 2.24) is 0 Å². The van der Waals surface area contributed by atoms with E-state index in [-0.39, 0.29) is 21.4 Å². The summed E-state index contributed by atoms with van der Waals surface area (Å²) in [6, 6.07) is 0. The maximum atomic E-state index is 2.36. The molecule has 0 spiro atoms. The molecule has 2 rings (SSSR count). The van der Waals surface area contributed by atoms with Crippen molar-refractivity contribution in [1.29, 1.82) is 0 Å². The van der Waals surface area contributed by atoms with Crippen molar-refractivity contribution in [3.05, 3.63) is 43.4 Å². The standard InChI is InChI=1S/2C8H11.Mo.2H/c2*1-7(2)8-5-3-4-6-8;;;/h2*3,5,7H,4H2,1-2H3;;;/q;;;2*-1. The summed E-state index contributed by atoms with van der Waals surface area (Å²) in [5, 5.41) is 0. The Kier molecular flexibility index (Phi) is 4.26. The number of allylic oxidation sites excluding steroid dienone is 8. The summed E-state index contributed by atoms with van der Waals surface area (Å²) in [6.07, 6.45) is 11.9. The van der Waals surface area contributed by atoms with Gasteiger partial charge < -0.3 is 2.85 Å². The van der Waals surface area contributed by atoms with Gasteiger partial charge in [0, 0.05) is 0 Å². The van der Waals surface area contributed by atoms with Crippen molar-refractivity contribution >= 4 is 0 Å². The average Bonchev–Trinajstić information content (AvgIpc) is 2.86. The summed E-state index contributed by atoms with van der Waals surface area (Å²) in [5.74, 6) is 1.40. The van der Waals surface area contributed by atoms with E-state index >= 15 is 0 Å². The molecule has 0 atom stereocenters. The zero-order valence-corrected chi connectivity index (χ0v) is 13.3. The predicted molar refractivity (Wildman–Crippen MR) is 73.5 cm³/mol. The van der Waals surface area contributed by atoms with Crippen LogP contribution in [0.15, 0.2) is 43.4 Å². The zero-order chi connectivity index (χ0) is 12.4. The fraction of sp³-hybridized carbons (Fsp3) is 0.500. The van der Waals surface area contributed by atoms with Crippen LogP contribution in [0.4, 0.5) is 0 Å². The first kappa shape index (κ1) is 13.1. The van der Waals surface area contributed by atoms with Gasteiger partial charge in [0.15, 0.2) is 0 Å². The Balaban J connectivity index is 0.00000162. The third kappa shape index (κ3) is 2.91. The molecule has 2 aliphatic carbocycles. The fourth-order valence-corrected chi connectivity index (χ4v) is 6.07. The van der Waals surface area contributed by atoms with Crippen LogP contribution in [0.5, 0.6) is 0 Å². The molecule has 0 bridgehead atoms. The van der Waals surface area contributed by atoms with Gasteiger partial charge in [0.1, 0.15) is 0 Å². The van der Waals surface area contributed by atoms with Crippen molar-refractivity contribution in [2.75, 3.05) is 0 Å². The van der Waals surface area contributed by atoms with Gasteiger partial charge in [0.05, 0.1) is 0 Å². The Morgan fingerprint density at radius 3 is 1.65 bits per heavy atom. The molecular formula is C16H24Mo-2. The Morgan fingerprint density at radius 1 is 0.882 bits per heavy atom. The molecule has 0 N–H and O–H groups in total. The molecule has 0 saturated carbocycles. The van der Waals surface area contributed by atoms with E-state index in [2.05, 4.69) is 52.0 Å². The number of hydrogen-bond donors (Lipinski definition) is 0. The SMILES string of the molecule is CC(C)C1=[C]([Mo][C]2=C(C(C)C)C=CC2)CC=C1.[H-].[H-]. The molecule has 17 heavy (non-hydrogen) atoms. The molecule has 1 heteroatoms. The van der Waals surface area contributed by atoms with Crippen molar-refractivity contribution in [2.24, 2.45) is 11.8 Å². The van der Waals surface area contributed by atoms with Crippen LogP contribution in [0.25, 0.3) is 0 Å². The van der Waals surface area contributed by atoms with Gasteiger partial charge in [-0.2, -0.15) is 0 Å². The Hall–Kier alpha value is -0.352. The van der Waals surface area contributed by atoms with Gasteiger partial charge in [0.25, 0.3) is 0 Å². The first-order valence-electron chi connectivity index (χ1n) is 6.56.